The second kappa shape index (κ2) is 11.4. The highest BCUT2D eigenvalue weighted by molar-refractivity contribution is 14.0. The van der Waals surface area contributed by atoms with Crippen molar-refractivity contribution in [2.75, 3.05) is 26.2 Å². The maximum atomic E-state index is 11.2. The van der Waals surface area contributed by atoms with E-state index in [4.69, 9.17) is 10.7 Å². The summed E-state index contributed by atoms with van der Waals surface area (Å²) in [6.07, 6.45) is 3.57. The summed E-state index contributed by atoms with van der Waals surface area (Å²) in [4.78, 5) is 18.3. The molecule has 5 nitrogen and oxygen atoms in total. The molecule has 1 aromatic carbocycles. The van der Waals surface area contributed by atoms with E-state index in [0.29, 0.717) is 12.3 Å². The summed E-state index contributed by atoms with van der Waals surface area (Å²) >= 11 is 0. The van der Waals surface area contributed by atoms with Crippen molar-refractivity contribution in [3.05, 3.63) is 34.9 Å². The first kappa shape index (κ1) is 22.7. The van der Waals surface area contributed by atoms with E-state index in [9.17, 15) is 4.79 Å². The van der Waals surface area contributed by atoms with Gasteiger partial charge in [0.2, 0.25) is 5.91 Å². The zero-order valence-corrected chi connectivity index (χ0v) is 18.6. The minimum Gasteiger partial charge on any atom is -0.370 e. The lowest BCUT2D eigenvalue weighted by Crippen LogP contribution is -2.47. The monoisotopic (exact) mass is 472 g/mol. The van der Waals surface area contributed by atoms with Crippen molar-refractivity contribution in [1.82, 2.24) is 10.2 Å². The molecular weight excluding hydrogens is 439 g/mol. The number of likely N-dealkylation sites (tertiary alicyclic amines) is 1. The van der Waals surface area contributed by atoms with Crippen molar-refractivity contribution in [2.45, 2.75) is 46.5 Å². The van der Waals surface area contributed by atoms with E-state index >= 15 is 0 Å². The summed E-state index contributed by atoms with van der Waals surface area (Å²) in [6.45, 7) is 9.84. The molecular formula is C20H33IN4O. The van der Waals surface area contributed by atoms with Gasteiger partial charge in [-0.25, -0.2) is 0 Å². The minimum atomic E-state index is -0.205. The fourth-order valence-electron chi connectivity index (χ4n) is 3.54. The summed E-state index contributed by atoms with van der Waals surface area (Å²) in [7, 11) is 0. The fraction of sp³-hybridized carbons (Fsp3) is 0.600. The molecule has 0 saturated carbocycles. The van der Waals surface area contributed by atoms with E-state index in [1.165, 1.54) is 16.7 Å². The van der Waals surface area contributed by atoms with Crippen LogP contribution >= 0.6 is 24.0 Å². The number of benzene rings is 1. The molecule has 1 amide bonds. The number of aliphatic imine (C=N–C) groups is 1. The number of hydrogen-bond donors (Lipinski definition) is 2. The quantitative estimate of drug-likeness (QED) is 0.380. The average Bonchev–Trinajstić information content (AvgIpc) is 2.55. The van der Waals surface area contributed by atoms with Crippen LogP contribution in [0, 0.1) is 19.8 Å². The van der Waals surface area contributed by atoms with Crippen LogP contribution < -0.4 is 11.1 Å². The van der Waals surface area contributed by atoms with Crippen LogP contribution in [0.2, 0.25) is 0 Å². The normalized spacial score (nSPS) is 17.6. The number of nitrogens with one attached hydrogen (secondary N) is 1. The van der Waals surface area contributed by atoms with Gasteiger partial charge in [-0.05, 0) is 57.1 Å². The van der Waals surface area contributed by atoms with Crippen LogP contribution in [0.15, 0.2) is 23.2 Å². The van der Waals surface area contributed by atoms with E-state index in [1.807, 2.05) is 0 Å². The Labute approximate surface area is 174 Å². The van der Waals surface area contributed by atoms with Gasteiger partial charge in [-0.15, -0.1) is 24.0 Å². The molecule has 0 bridgehead atoms. The van der Waals surface area contributed by atoms with Gasteiger partial charge in [-0.3, -0.25) is 9.79 Å². The molecule has 146 valence electrons. The summed E-state index contributed by atoms with van der Waals surface area (Å²) < 4.78 is 0. The number of primary amides is 1. The summed E-state index contributed by atoms with van der Waals surface area (Å²) in [5, 5.41) is 3.40. The van der Waals surface area contributed by atoms with E-state index < -0.39 is 0 Å². The third kappa shape index (κ3) is 7.13. The Bertz CT molecular complexity index is 618. The Balaban J connectivity index is 0.00000338. The number of nitrogens with two attached hydrogens (primary N) is 1. The molecule has 1 aliphatic rings. The largest absolute Gasteiger partial charge is 0.370 e. The van der Waals surface area contributed by atoms with Crippen LogP contribution in [-0.4, -0.2) is 42.9 Å². The summed E-state index contributed by atoms with van der Waals surface area (Å²) in [5.41, 5.74) is 9.36. The Morgan fingerprint density at radius 2 is 2.15 bits per heavy atom. The van der Waals surface area contributed by atoms with Crippen molar-refractivity contribution < 1.29 is 4.79 Å². The summed E-state index contributed by atoms with van der Waals surface area (Å²) in [6, 6.07) is 6.59. The average molecular weight is 472 g/mol. The lowest BCUT2D eigenvalue weighted by atomic mass is 9.95. The molecule has 1 aromatic rings. The highest BCUT2D eigenvalue weighted by Gasteiger charge is 2.23. The predicted molar refractivity (Wildman–Crippen MR) is 119 cm³/mol. The first-order chi connectivity index (χ1) is 12.0. The third-order valence-corrected chi connectivity index (χ3v) is 4.78. The Hall–Kier alpha value is -1.31. The SMILES string of the molecule is CCNC(=NCCc1ccc(C)cc1C)N1CCCC(CC(N)=O)C1.I. The van der Waals surface area contributed by atoms with Gasteiger partial charge < -0.3 is 16.0 Å². The molecule has 3 N–H and O–H groups in total. The molecule has 6 heteroatoms. The van der Waals surface area contributed by atoms with E-state index in [2.05, 4.69) is 49.2 Å². The minimum absolute atomic E-state index is 0. The molecule has 26 heavy (non-hydrogen) atoms. The van der Waals surface area contributed by atoms with Crippen LogP contribution in [0.4, 0.5) is 0 Å². The molecule has 0 spiro atoms. The molecule has 0 aromatic heterocycles. The van der Waals surface area contributed by atoms with Crippen LogP contribution in [0.25, 0.3) is 0 Å². The molecule has 1 heterocycles. The second-order valence-electron chi connectivity index (χ2n) is 7.04. The van der Waals surface area contributed by atoms with Gasteiger partial charge >= 0.3 is 0 Å². The standard InChI is InChI=1S/C20H32N4O.HI/c1-4-22-20(24-11-5-6-17(14-24)13-19(21)25)23-10-9-18-8-7-15(2)12-16(18)3;/h7-8,12,17H,4-6,9-11,13-14H2,1-3H3,(H2,21,25)(H,22,23);1H. The number of carbonyl (C=O) groups is 1. The molecule has 1 unspecified atom stereocenters. The second-order valence-corrected chi connectivity index (χ2v) is 7.04. The van der Waals surface area contributed by atoms with Gasteiger partial charge in [0.15, 0.2) is 5.96 Å². The zero-order valence-electron chi connectivity index (χ0n) is 16.3. The van der Waals surface area contributed by atoms with Gasteiger partial charge in [0, 0.05) is 32.6 Å². The number of guanidine groups is 1. The predicted octanol–water partition coefficient (Wildman–Crippen LogP) is 3.02. The number of nitrogens with zero attached hydrogens (tertiary/aromatic N) is 2. The lowest BCUT2D eigenvalue weighted by Gasteiger charge is -2.34. The zero-order chi connectivity index (χ0) is 18.2. The molecule has 0 aliphatic carbocycles. The van der Waals surface area contributed by atoms with Crippen LogP contribution in [0.5, 0.6) is 0 Å². The highest BCUT2D eigenvalue weighted by atomic mass is 127. The van der Waals surface area contributed by atoms with E-state index in [1.54, 1.807) is 0 Å². The lowest BCUT2D eigenvalue weighted by molar-refractivity contribution is -0.119. The van der Waals surface area contributed by atoms with Gasteiger partial charge in [0.05, 0.1) is 0 Å². The van der Waals surface area contributed by atoms with Crippen molar-refractivity contribution in [3.63, 3.8) is 0 Å². The third-order valence-electron chi connectivity index (χ3n) is 4.78. The van der Waals surface area contributed by atoms with Gasteiger partial charge in [0.25, 0.3) is 0 Å². The number of amides is 1. The van der Waals surface area contributed by atoms with Gasteiger partial charge in [-0.2, -0.15) is 0 Å². The van der Waals surface area contributed by atoms with Crippen molar-refractivity contribution in [1.29, 1.82) is 0 Å². The Kier molecular flexibility index (Phi) is 9.98. The maximum absolute atomic E-state index is 11.2. The summed E-state index contributed by atoms with van der Waals surface area (Å²) in [5.74, 6) is 1.10. The molecule has 1 atom stereocenters. The molecule has 1 aliphatic heterocycles. The first-order valence-electron chi connectivity index (χ1n) is 9.37. The number of rotatable bonds is 6. The fourth-order valence-corrected chi connectivity index (χ4v) is 3.54. The van der Waals surface area contributed by atoms with Gasteiger partial charge in [0.1, 0.15) is 0 Å². The van der Waals surface area contributed by atoms with Crippen LogP contribution in [0.3, 0.4) is 0 Å². The van der Waals surface area contributed by atoms with E-state index in [0.717, 1.165) is 51.4 Å². The maximum Gasteiger partial charge on any atom is 0.217 e. The highest BCUT2D eigenvalue weighted by Crippen LogP contribution is 2.19. The molecule has 1 saturated heterocycles. The van der Waals surface area contributed by atoms with Gasteiger partial charge in [-0.1, -0.05) is 23.8 Å². The van der Waals surface area contributed by atoms with Crippen molar-refractivity contribution in [2.24, 2.45) is 16.6 Å². The number of aryl methyl sites for hydroxylation is 2. The first-order valence-corrected chi connectivity index (χ1v) is 9.37. The molecule has 1 fully saturated rings. The number of halogens is 1. The number of carbonyl (C=O) groups excluding carboxylic acids is 1. The smallest absolute Gasteiger partial charge is 0.217 e. The van der Waals surface area contributed by atoms with Crippen LogP contribution in [0.1, 0.15) is 42.9 Å². The van der Waals surface area contributed by atoms with E-state index in [-0.39, 0.29) is 29.9 Å². The molecule has 2 rings (SSSR count). The van der Waals surface area contributed by atoms with Crippen molar-refractivity contribution in [3.8, 4) is 0 Å². The number of piperidine rings is 1. The Morgan fingerprint density at radius 1 is 1.38 bits per heavy atom. The van der Waals surface area contributed by atoms with Crippen LogP contribution in [-0.2, 0) is 11.2 Å². The van der Waals surface area contributed by atoms with Crippen molar-refractivity contribution >= 4 is 35.8 Å². The molecule has 0 radical (unpaired) electrons. The topological polar surface area (TPSA) is 70.7 Å². The number of hydrogen-bond acceptors (Lipinski definition) is 2. The Morgan fingerprint density at radius 3 is 2.81 bits per heavy atom.